The number of hydrogen-bond acceptors (Lipinski definition) is 2. The standard InChI is InChI=1S/C14H18BrNOSi/c1-5-10-14(11-16,17-18(2,3)4)12-8-6-7-9-13(12)15/h5-9H,1,10H2,2-4H3/t14-/m1/s1. The van der Waals surface area contributed by atoms with Crippen LogP contribution >= 0.6 is 15.9 Å². The van der Waals surface area contributed by atoms with Crippen LogP contribution in [0.3, 0.4) is 0 Å². The normalized spacial score (nSPS) is 14.6. The summed E-state index contributed by atoms with van der Waals surface area (Å²) in [5.41, 5.74) is -0.0680. The van der Waals surface area contributed by atoms with Crippen LogP contribution in [0.25, 0.3) is 0 Å². The summed E-state index contributed by atoms with van der Waals surface area (Å²) in [4.78, 5) is 0. The molecule has 0 saturated carbocycles. The second-order valence-electron chi connectivity index (χ2n) is 5.13. The van der Waals surface area contributed by atoms with Gasteiger partial charge in [-0.25, -0.2) is 0 Å². The Morgan fingerprint density at radius 3 is 2.50 bits per heavy atom. The molecular weight excluding hydrogens is 306 g/mol. The summed E-state index contributed by atoms with van der Waals surface area (Å²) in [5, 5.41) is 9.63. The van der Waals surface area contributed by atoms with Crippen molar-refractivity contribution in [3.63, 3.8) is 0 Å². The molecule has 1 aromatic carbocycles. The van der Waals surface area contributed by atoms with Gasteiger partial charge in [-0.2, -0.15) is 5.26 Å². The van der Waals surface area contributed by atoms with E-state index >= 15 is 0 Å². The Hall–Kier alpha value is -0.893. The highest BCUT2D eigenvalue weighted by Crippen LogP contribution is 2.36. The molecule has 0 fully saturated rings. The zero-order valence-electron chi connectivity index (χ0n) is 11.0. The van der Waals surface area contributed by atoms with E-state index < -0.39 is 13.9 Å². The van der Waals surface area contributed by atoms with Crippen LogP contribution in [0.15, 0.2) is 41.4 Å². The maximum Gasteiger partial charge on any atom is 0.186 e. The van der Waals surface area contributed by atoms with Gasteiger partial charge in [0.25, 0.3) is 0 Å². The maximum atomic E-state index is 9.63. The Morgan fingerprint density at radius 2 is 2.06 bits per heavy atom. The summed E-state index contributed by atoms with van der Waals surface area (Å²) in [6, 6.07) is 10.0. The van der Waals surface area contributed by atoms with Crippen molar-refractivity contribution in [3.8, 4) is 6.07 Å². The first-order valence-corrected chi connectivity index (χ1v) is 10.0. The summed E-state index contributed by atoms with van der Waals surface area (Å²) in [6.07, 6.45) is 2.22. The van der Waals surface area contributed by atoms with E-state index in [1.54, 1.807) is 6.08 Å². The number of hydrogen-bond donors (Lipinski definition) is 0. The van der Waals surface area contributed by atoms with Crippen LogP contribution in [-0.2, 0) is 10.0 Å². The van der Waals surface area contributed by atoms with Gasteiger partial charge < -0.3 is 4.43 Å². The van der Waals surface area contributed by atoms with E-state index in [2.05, 4.69) is 48.2 Å². The van der Waals surface area contributed by atoms with Gasteiger partial charge >= 0.3 is 0 Å². The van der Waals surface area contributed by atoms with Crippen LogP contribution in [-0.4, -0.2) is 8.32 Å². The minimum Gasteiger partial charge on any atom is -0.396 e. The SMILES string of the molecule is C=CC[C@](C#N)(O[Si](C)(C)C)c1ccccc1Br. The molecule has 0 spiro atoms. The lowest BCUT2D eigenvalue weighted by molar-refractivity contribution is 0.122. The average molecular weight is 324 g/mol. The van der Waals surface area contributed by atoms with Crippen molar-refractivity contribution in [1.82, 2.24) is 0 Å². The molecule has 2 nitrogen and oxygen atoms in total. The van der Waals surface area contributed by atoms with Crippen molar-refractivity contribution < 1.29 is 4.43 Å². The molecule has 0 aliphatic rings. The fourth-order valence-corrected chi connectivity index (χ4v) is 3.74. The smallest absolute Gasteiger partial charge is 0.186 e. The molecule has 0 bridgehead atoms. The first kappa shape index (κ1) is 15.2. The molecule has 0 amide bonds. The molecule has 0 saturated heterocycles. The van der Waals surface area contributed by atoms with E-state index in [4.69, 9.17) is 4.43 Å². The Morgan fingerprint density at radius 1 is 1.44 bits per heavy atom. The topological polar surface area (TPSA) is 33.0 Å². The first-order valence-electron chi connectivity index (χ1n) is 5.82. The quantitative estimate of drug-likeness (QED) is 0.586. The Labute approximate surface area is 119 Å². The predicted octanol–water partition coefficient (Wildman–Crippen LogP) is 4.60. The lowest BCUT2D eigenvalue weighted by Crippen LogP contribution is -2.39. The van der Waals surface area contributed by atoms with Crippen molar-refractivity contribution in [2.45, 2.75) is 31.7 Å². The molecule has 18 heavy (non-hydrogen) atoms. The fraction of sp³-hybridized carbons (Fsp3) is 0.357. The Bertz CT molecular complexity index is 475. The van der Waals surface area contributed by atoms with E-state index in [1.165, 1.54) is 0 Å². The molecule has 0 aromatic heterocycles. The molecule has 0 aliphatic heterocycles. The zero-order chi connectivity index (χ0) is 13.8. The number of nitrogens with zero attached hydrogens (tertiary/aromatic N) is 1. The predicted molar refractivity (Wildman–Crippen MR) is 80.7 cm³/mol. The Balaban J connectivity index is 3.33. The van der Waals surface area contributed by atoms with Gasteiger partial charge in [-0.3, -0.25) is 0 Å². The second kappa shape index (κ2) is 5.83. The van der Waals surface area contributed by atoms with E-state index in [1.807, 2.05) is 24.3 Å². The van der Waals surface area contributed by atoms with E-state index in [-0.39, 0.29) is 0 Å². The van der Waals surface area contributed by atoms with E-state index in [0.29, 0.717) is 6.42 Å². The number of halogens is 1. The first-order chi connectivity index (χ1) is 8.34. The lowest BCUT2D eigenvalue weighted by Gasteiger charge is -2.34. The van der Waals surface area contributed by atoms with E-state index in [0.717, 1.165) is 10.0 Å². The number of nitriles is 1. The molecule has 0 radical (unpaired) electrons. The number of rotatable bonds is 5. The molecule has 1 atom stereocenters. The van der Waals surface area contributed by atoms with Crippen LogP contribution in [0.4, 0.5) is 0 Å². The van der Waals surface area contributed by atoms with Gasteiger partial charge in [0.2, 0.25) is 0 Å². The van der Waals surface area contributed by atoms with Crippen molar-refractivity contribution >= 4 is 24.2 Å². The third-order valence-corrected chi connectivity index (χ3v) is 4.05. The molecular formula is C14H18BrNOSi. The maximum absolute atomic E-state index is 9.63. The van der Waals surface area contributed by atoms with Gasteiger partial charge in [-0.15, -0.1) is 6.58 Å². The zero-order valence-corrected chi connectivity index (χ0v) is 13.6. The largest absolute Gasteiger partial charge is 0.396 e. The van der Waals surface area contributed by atoms with Gasteiger partial charge in [0.15, 0.2) is 13.9 Å². The van der Waals surface area contributed by atoms with Crippen molar-refractivity contribution in [1.29, 1.82) is 5.26 Å². The van der Waals surface area contributed by atoms with Crippen LogP contribution in [0.2, 0.25) is 19.6 Å². The van der Waals surface area contributed by atoms with Gasteiger partial charge in [0.05, 0.1) is 0 Å². The summed E-state index contributed by atoms with van der Waals surface area (Å²) in [7, 11) is -1.85. The van der Waals surface area contributed by atoms with Crippen LogP contribution < -0.4 is 0 Å². The monoisotopic (exact) mass is 323 g/mol. The average Bonchev–Trinajstić information content (AvgIpc) is 2.27. The van der Waals surface area contributed by atoms with Gasteiger partial charge in [-0.05, 0) is 25.7 Å². The van der Waals surface area contributed by atoms with E-state index in [9.17, 15) is 5.26 Å². The highest BCUT2D eigenvalue weighted by Gasteiger charge is 2.38. The highest BCUT2D eigenvalue weighted by atomic mass is 79.9. The van der Waals surface area contributed by atoms with Crippen LogP contribution in [0, 0.1) is 11.3 Å². The third-order valence-electron chi connectivity index (χ3n) is 2.40. The molecule has 4 heteroatoms. The van der Waals surface area contributed by atoms with Gasteiger partial charge in [-0.1, -0.05) is 40.2 Å². The van der Waals surface area contributed by atoms with Crippen LogP contribution in [0.5, 0.6) is 0 Å². The second-order valence-corrected chi connectivity index (χ2v) is 10.4. The molecule has 1 rings (SSSR count). The van der Waals surface area contributed by atoms with Crippen molar-refractivity contribution in [3.05, 3.63) is 47.0 Å². The molecule has 0 unspecified atom stereocenters. The third kappa shape index (κ3) is 3.55. The lowest BCUT2D eigenvalue weighted by atomic mass is 9.92. The summed E-state index contributed by atoms with van der Waals surface area (Å²) in [6.45, 7) is 9.99. The minimum absolute atomic E-state index is 0.483. The molecule has 0 aliphatic carbocycles. The molecule has 0 N–H and O–H groups in total. The summed E-state index contributed by atoms with van der Waals surface area (Å²) in [5.74, 6) is 0. The number of benzene rings is 1. The summed E-state index contributed by atoms with van der Waals surface area (Å²) >= 11 is 3.50. The fourth-order valence-electron chi connectivity index (χ4n) is 1.85. The van der Waals surface area contributed by atoms with Crippen LogP contribution in [0.1, 0.15) is 12.0 Å². The molecule has 0 heterocycles. The minimum atomic E-state index is -1.85. The highest BCUT2D eigenvalue weighted by molar-refractivity contribution is 9.10. The van der Waals surface area contributed by atoms with Gasteiger partial charge in [0.1, 0.15) is 6.07 Å². The Kier molecular flexibility index (Phi) is 4.91. The van der Waals surface area contributed by atoms with Gasteiger partial charge in [0, 0.05) is 16.5 Å². The summed E-state index contributed by atoms with van der Waals surface area (Å²) < 4.78 is 7.05. The van der Waals surface area contributed by atoms with Crippen molar-refractivity contribution in [2.75, 3.05) is 0 Å². The van der Waals surface area contributed by atoms with Crippen molar-refractivity contribution in [2.24, 2.45) is 0 Å². The molecule has 96 valence electrons. The molecule has 1 aromatic rings.